The third-order valence-electron chi connectivity index (χ3n) is 8.38. The van der Waals surface area contributed by atoms with E-state index in [2.05, 4.69) is 15.5 Å². The van der Waals surface area contributed by atoms with Gasteiger partial charge >= 0.3 is 265 Å². The van der Waals surface area contributed by atoms with Crippen molar-refractivity contribution in [2.24, 2.45) is 0 Å². The Bertz CT molecular complexity index is 1900. The summed E-state index contributed by atoms with van der Waals surface area (Å²) in [4.78, 5) is 0. The summed E-state index contributed by atoms with van der Waals surface area (Å²) in [7, 11) is 0. The van der Waals surface area contributed by atoms with Gasteiger partial charge < -0.3 is 0 Å². The zero-order chi connectivity index (χ0) is 34.0. The summed E-state index contributed by atoms with van der Waals surface area (Å²) in [6, 6.07) is 42.2. The van der Waals surface area contributed by atoms with Crippen LogP contribution in [0.1, 0.15) is 16.7 Å². The fourth-order valence-corrected chi connectivity index (χ4v) is 13.6. The first kappa shape index (κ1) is 33.5. The molecule has 0 saturated carbocycles. The predicted octanol–water partition coefficient (Wildman–Crippen LogP) is 11.0. The maximum atomic E-state index is 15.9. The standard InChI is InChI=1S/C39H28BrF6OP/c40-48(34-10-4-1-5-11-34,35-12-6-2-7-13-35,36-14-8-3-9-15-36)27-30-26-33(41)24-25-37(30)47-39(45,46)32-22-18-29(19-23-32)28-16-20-31(21-17-28)38(42,43)44/h1-26H,27H2. The molecule has 0 amide bonds. The van der Waals surface area contributed by atoms with Gasteiger partial charge in [-0.15, -0.1) is 0 Å². The predicted molar refractivity (Wildman–Crippen MR) is 186 cm³/mol. The van der Waals surface area contributed by atoms with Gasteiger partial charge in [0.15, 0.2) is 0 Å². The fourth-order valence-electron chi connectivity index (χ4n) is 5.93. The van der Waals surface area contributed by atoms with Gasteiger partial charge in [0.1, 0.15) is 0 Å². The van der Waals surface area contributed by atoms with Crippen LogP contribution in [0.3, 0.4) is 0 Å². The zero-order valence-electron chi connectivity index (χ0n) is 25.2. The van der Waals surface area contributed by atoms with Gasteiger partial charge in [0.05, 0.1) is 5.56 Å². The van der Waals surface area contributed by atoms with Crippen molar-refractivity contribution < 1.29 is 31.1 Å². The van der Waals surface area contributed by atoms with E-state index in [0.717, 1.165) is 34.1 Å². The van der Waals surface area contributed by atoms with Crippen LogP contribution in [0.2, 0.25) is 0 Å². The molecular weight excluding hydrogens is 709 g/mol. The molecule has 0 fully saturated rings. The molecule has 6 aromatic carbocycles. The molecule has 0 heterocycles. The van der Waals surface area contributed by atoms with Crippen molar-refractivity contribution in [3.8, 4) is 16.9 Å². The van der Waals surface area contributed by atoms with E-state index in [0.29, 0.717) is 11.1 Å². The first-order chi connectivity index (χ1) is 22.9. The van der Waals surface area contributed by atoms with E-state index >= 15 is 8.78 Å². The van der Waals surface area contributed by atoms with Crippen molar-refractivity contribution in [2.75, 3.05) is 0 Å². The van der Waals surface area contributed by atoms with E-state index in [4.69, 9.17) is 4.74 Å². The maximum absolute atomic E-state index is 15.9. The topological polar surface area (TPSA) is 9.23 Å². The van der Waals surface area contributed by atoms with E-state index in [1.165, 1.54) is 48.5 Å². The zero-order valence-corrected chi connectivity index (χ0v) is 27.7. The van der Waals surface area contributed by atoms with Gasteiger partial charge in [-0.3, -0.25) is 0 Å². The molecule has 0 atom stereocenters. The molecule has 0 aliphatic rings. The number of benzene rings is 6. The molecule has 0 spiro atoms. The Kier molecular flexibility index (Phi) is 9.01. The van der Waals surface area contributed by atoms with E-state index in [1.54, 1.807) is 0 Å². The van der Waals surface area contributed by atoms with Gasteiger partial charge in [0.25, 0.3) is 0 Å². The van der Waals surface area contributed by atoms with Gasteiger partial charge in [-0.1, -0.05) is 0 Å². The minimum absolute atomic E-state index is 0.111. The number of halogens is 7. The van der Waals surface area contributed by atoms with Crippen molar-refractivity contribution in [3.63, 3.8) is 0 Å². The van der Waals surface area contributed by atoms with Crippen LogP contribution >= 0.6 is 20.8 Å². The van der Waals surface area contributed by atoms with Crippen LogP contribution in [-0.2, 0) is 18.4 Å². The van der Waals surface area contributed by atoms with Gasteiger partial charge in [-0.25, -0.2) is 0 Å². The van der Waals surface area contributed by atoms with Gasteiger partial charge in [-0.2, -0.15) is 13.2 Å². The second-order valence-electron chi connectivity index (χ2n) is 11.4. The molecule has 0 aromatic heterocycles. The Morgan fingerprint density at radius 3 is 1.35 bits per heavy atom. The Labute approximate surface area is 282 Å². The van der Waals surface area contributed by atoms with Crippen molar-refractivity contribution >= 4 is 36.7 Å². The van der Waals surface area contributed by atoms with Crippen LogP contribution in [0.4, 0.5) is 26.3 Å². The Morgan fingerprint density at radius 1 is 0.521 bits per heavy atom. The van der Waals surface area contributed by atoms with Gasteiger partial charge in [0.2, 0.25) is 0 Å². The molecule has 1 nitrogen and oxygen atoms in total. The summed E-state index contributed by atoms with van der Waals surface area (Å²) in [5, 5.41) is -0.957. The summed E-state index contributed by atoms with van der Waals surface area (Å²) < 4.78 is 91.2. The van der Waals surface area contributed by atoms with Crippen LogP contribution in [0.5, 0.6) is 5.75 Å². The first-order valence-electron chi connectivity index (χ1n) is 14.9. The molecule has 0 bridgehead atoms. The van der Waals surface area contributed by atoms with Crippen LogP contribution in [0.25, 0.3) is 11.1 Å². The molecule has 0 radical (unpaired) electrons. The summed E-state index contributed by atoms with van der Waals surface area (Å²) in [6.07, 6.45) is -8.21. The van der Waals surface area contributed by atoms with E-state index in [1.807, 2.05) is 91.0 Å². The quantitative estimate of drug-likeness (QED) is 0.106. The SMILES string of the molecule is Fc1ccc(OC(F)(F)c2ccc(-c3ccc(C(F)(F)F)cc3)cc2)c(CP(Br)(c2ccccc2)(c2ccccc2)c2ccccc2)c1. The number of rotatable bonds is 9. The van der Waals surface area contributed by atoms with Gasteiger partial charge in [-0.05, 0) is 0 Å². The van der Waals surface area contributed by atoms with Crippen LogP contribution in [-0.4, -0.2) is 0 Å². The van der Waals surface area contributed by atoms with E-state index < -0.39 is 34.5 Å². The first-order valence-corrected chi connectivity index (χ1v) is 19.4. The Balaban J connectivity index is 1.41. The molecule has 48 heavy (non-hydrogen) atoms. The summed E-state index contributed by atoms with van der Waals surface area (Å²) in [6.45, 7) is 0. The molecule has 6 rings (SSSR count). The second kappa shape index (κ2) is 12.9. The van der Waals surface area contributed by atoms with Crippen molar-refractivity contribution in [3.05, 3.63) is 180 Å². The Hall–Kier alpha value is -4.39. The number of hydrogen-bond donors (Lipinski definition) is 0. The molecule has 244 valence electrons. The van der Waals surface area contributed by atoms with Crippen LogP contribution in [0.15, 0.2) is 158 Å². The van der Waals surface area contributed by atoms with Gasteiger partial charge in [0, 0.05) is 0 Å². The summed E-state index contributed by atoms with van der Waals surface area (Å²) in [5.41, 5.74) is -0.148. The average molecular weight is 738 g/mol. The van der Waals surface area contributed by atoms with Crippen molar-refractivity contribution in [1.29, 1.82) is 0 Å². The molecule has 0 saturated heterocycles. The molecular formula is C39H28BrF6OP. The molecule has 0 N–H and O–H groups in total. The second-order valence-corrected chi connectivity index (χ2v) is 20.3. The molecule has 0 unspecified atom stereocenters. The summed E-state index contributed by atoms with van der Waals surface area (Å²) in [5.74, 6) is -0.794. The number of ether oxygens (including phenoxy) is 1. The third kappa shape index (κ3) is 6.39. The van der Waals surface area contributed by atoms with Crippen molar-refractivity contribution in [1.82, 2.24) is 0 Å². The molecule has 0 aliphatic heterocycles. The average Bonchev–Trinajstić information content (AvgIpc) is 3.10. The number of hydrogen-bond acceptors (Lipinski definition) is 1. The monoisotopic (exact) mass is 736 g/mol. The van der Waals surface area contributed by atoms with E-state index in [-0.39, 0.29) is 17.5 Å². The molecule has 6 aromatic rings. The Morgan fingerprint density at radius 2 is 0.938 bits per heavy atom. The minimum atomic E-state index is -4.49. The molecule has 0 aliphatic carbocycles. The van der Waals surface area contributed by atoms with Crippen LogP contribution in [0, 0.1) is 5.82 Å². The van der Waals surface area contributed by atoms with E-state index in [9.17, 15) is 17.6 Å². The number of alkyl halides is 5. The molecule has 9 heteroatoms. The van der Waals surface area contributed by atoms with Crippen molar-refractivity contribution in [2.45, 2.75) is 18.4 Å². The normalized spacial score (nSPS) is 13.0. The van der Waals surface area contributed by atoms with Crippen LogP contribution < -0.4 is 20.7 Å². The summed E-state index contributed by atoms with van der Waals surface area (Å²) >= 11 is 4.29. The third-order valence-corrected chi connectivity index (χ3v) is 17.9. The fraction of sp³-hybridized carbons (Fsp3) is 0.0769.